The highest BCUT2D eigenvalue weighted by molar-refractivity contribution is 7.89. The van der Waals surface area contributed by atoms with Crippen LogP contribution < -0.4 is 4.72 Å². The maximum atomic E-state index is 11.9. The number of rotatable bonds is 3. The van der Waals surface area contributed by atoms with Crippen molar-refractivity contribution in [2.24, 2.45) is 5.41 Å². The van der Waals surface area contributed by atoms with Gasteiger partial charge in [0.1, 0.15) is 0 Å². The molecule has 16 heavy (non-hydrogen) atoms. The molecule has 90 valence electrons. The number of imidazole rings is 1. The molecule has 1 heterocycles. The van der Waals surface area contributed by atoms with Crippen LogP contribution in [-0.4, -0.2) is 29.8 Å². The SMILES string of the molecule is CC1(C)C(Cl)CC1NS(=O)(=O)c1cnc[nH]1. The van der Waals surface area contributed by atoms with Crippen LogP contribution in [0.1, 0.15) is 20.3 Å². The van der Waals surface area contributed by atoms with Gasteiger partial charge in [-0.15, -0.1) is 11.6 Å². The first kappa shape index (κ1) is 11.9. The van der Waals surface area contributed by atoms with Gasteiger partial charge < -0.3 is 4.98 Å². The summed E-state index contributed by atoms with van der Waals surface area (Å²) >= 11 is 6.03. The molecule has 2 atom stereocenters. The van der Waals surface area contributed by atoms with Crippen LogP contribution in [0.15, 0.2) is 17.6 Å². The average Bonchev–Trinajstić information content (AvgIpc) is 2.70. The molecule has 2 unspecified atom stereocenters. The molecule has 1 aliphatic rings. The zero-order chi connectivity index (χ0) is 12.0. The van der Waals surface area contributed by atoms with Gasteiger partial charge in [-0.1, -0.05) is 13.8 Å². The predicted molar refractivity (Wildman–Crippen MR) is 60.7 cm³/mol. The molecule has 1 aromatic rings. The Hall–Kier alpha value is -0.590. The molecule has 1 aromatic heterocycles. The number of alkyl halides is 1. The third-order valence-corrected chi connectivity index (χ3v) is 5.35. The number of hydrogen-bond donors (Lipinski definition) is 2. The quantitative estimate of drug-likeness (QED) is 0.802. The molecular weight excluding hydrogens is 250 g/mol. The largest absolute Gasteiger partial charge is 0.335 e. The van der Waals surface area contributed by atoms with Gasteiger partial charge in [-0.3, -0.25) is 0 Å². The van der Waals surface area contributed by atoms with Gasteiger partial charge in [-0.05, 0) is 11.8 Å². The highest BCUT2D eigenvalue weighted by atomic mass is 35.5. The van der Waals surface area contributed by atoms with Gasteiger partial charge >= 0.3 is 0 Å². The monoisotopic (exact) mass is 263 g/mol. The molecule has 2 rings (SSSR count). The molecule has 1 saturated carbocycles. The van der Waals surface area contributed by atoms with E-state index in [1.807, 2.05) is 13.8 Å². The number of H-pyrrole nitrogens is 1. The fourth-order valence-corrected chi connectivity index (χ4v) is 3.35. The molecular formula is C9H14ClN3O2S. The summed E-state index contributed by atoms with van der Waals surface area (Å²) in [6, 6.07) is -0.122. The molecule has 0 amide bonds. The molecule has 0 aliphatic heterocycles. The van der Waals surface area contributed by atoms with Crippen molar-refractivity contribution < 1.29 is 8.42 Å². The van der Waals surface area contributed by atoms with Crippen molar-refractivity contribution in [1.29, 1.82) is 0 Å². The van der Waals surface area contributed by atoms with Crippen molar-refractivity contribution in [2.45, 2.75) is 36.7 Å². The number of sulfonamides is 1. The fraction of sp³-hybridized carbons (Fsp3) is 0.667. The first-order chi connectivity index (χ1) is 7.34. The lowest BCUT2D eigenvalue weighted by Gasteiger charge is -2.48. The van der Waals surface area contributed by atoms with Crippen molar-refractivity contribution >= 4 is 21.6 Å². The van der Waals surface area contributed by atoms with Gasteiger partial charge in [0.15, 0.2) is 5.03 Å². The van der Waals surface area contributed by atoms with Gasteiger partial charge in [-0.25, -0.2) is 18.1 Å². The van der Waals surface area contributed by atoms with E-state index in [0.29, 0.717) is 6.42 Å². The Balaban J connectivity index is 2.12. The standard InChI is InChI=1S/C9H14ClN3O2S/c1-9(2)6(10)3-7(9)13-16(14,15)8-4-11-5-12-8/h4-7,13H,3H2,1-2H3,(H,11,12). The summed E-state index contributed by atoms with van der Waals surface area (Å²) in [6.45, 7) is 3.91. The molecule has 1 aliphatic carbocycles. The number of nitrogens with zero attached hydrogens (tertiary/aromatic N) is 1. The maximum Gasteiger partial charge on any atom is 0.257 e. The zero-order valence-electron chi connectivity index (χ0n) is 9.07. The lowest BCUT2D eigenvalue weighted by atomic mass is 9.67. The number of aromatic amines is 1. The summed E-state index contributed by atoms with van der Waals surface area (Å²) in [7, 11) is -3.50. The summed E-state index contributed by atoms with van der Waals surface area (Å²) in [4.78, 5) is 6.27. The van der Waals surface area contributed by atoms with E-state index >= 15 is 0 Å². The third-order valence-electron chi connectivity index (χ3n) is 3.21. The van der Waals surface area contributed by atoms with Crippen molar-refractivity contribution in [3.63, 3.8) is 0 Å². The smallest absolute Gasteiger partial charge is 0.257 e. The van der Waals surface area contributed by atoms with Crippen LogP contribution in [0.25, 0.3) is 0 Å². The topological polar surface area (TPSA) is 74.8 Å². The predicted octanol–water partition coefficient (Wildman–Crippen LogP) is 1.09. The third kappa shape index (κ3) is 1.85. The fourth-order valence-electron chi connectivity index (χ4n) is 1.71. The highest BCUT2D eigenvalue weighted by Crippen LogP contribution is 2.44. The van der Waals surface area contributed by atoms with Crippen LogP contribution >= 0.6 is 11.6 Å². The summed E-state index contributed by atoms with van der Waals surface area (Å²) in [5, 5.41) is 0.100. The minimum atomic E-state index is -3.50. The molecule has 0 radical (unpaired) electrons. The van der Waals surface area contributed by atoms with E-state index in [1.165, 1.54) is 12.5 Å². The molecule has 0 aromatic carbocycles. The first-order valence-corrected chi connectivity index (χ1v) is 6.91. The second-order valence-corrected chi connectivity index (χ2v) is 6.82. The van der Waals surface area contributed by atoms with Crippen molar-refractivity contribution in [1.82, 2.24) is 14.7 Å². The number of aromatic nitrogens is 2. The van der Waals surface area contributed by atoms with E-state index in [0.717, 1.165) is 0 Å². The van der Waals surface area contributed by atoms with Gasteiger partial charge in [0, 0.05) is 11.4 Å². The molecule has 7 heteroatoms. The average molecular weight is 264 g/mol. The van der Waals surface area contributed by atoms with E-state index in [9.17, 15) is 8.42 Å². The second-order valence-electron chi connectivity index (χ2n) is 4.61. The molecule has 0 bridgehead atoms. The van der Waals surface area contributed by atoms with Gasteiger partial charge in [0.2, 0.25) is 0 Å². The Bertz CT molecular complexity index is 469. The number of halogens is 1. The molecule has 2 N–H and O–H groups in total. The second kappa shape index (κ2) is 3.72. The van der Waals surface area contributed by atoms with E-state index in [2.05, 4.69) is 14.7 Å². The van der Waals surface area contributed by atoms with Crippen molar-refractivity contribution in [3.05, 3.63) is 12.5 Å². The van der Waals surface area contributed by atoms with Crippen molar-refractivity contribution in [3.8, 4) is 0 Å². The molecule has 5 nitrogen and oxygen atoms in total. The Morgan fingerprint density at radius 2 is 2.31 bits per heavy atom. The Morgan fingerprint density at radius 1 is 1.62 bits per heavy atom. The highest BCUT2D eigenvalue weighted by Gasteiger charge is 2.48. The minimum Gasteiger partial charge on any atom is -0.335 e. The van der Waals surface area contributed by atoms with Crippen LogP contribution in [0.5, 0.6) is 0 Å². The first-order valence-electron chi connectivity index (χ1n) is 4.99. The number of hydrogen-bond acceptors (Lipinski definition) is 3. The summed E-state index contributed by atoms with van der Waals surface area (Å²) in [5.74, 6) is 0. The van der Waals surface area contributed by atoms with E-state index in [-0.39, 0.29) is 21.9 Å². The van der Waals surface area contributed by atoms with Crippen LogP contribution in [0.4, 0.5) is 0 Å². The lowest BCUT2D eigenvalue weighted by Crippen LogP contribution is -2.59. The molecule has 0 spiro atoms. The van der Waals surface area contributed by atoms with Crippen LogP contribution in [0, 0.1) is 5.41 Å². The Labute approximate surface area is 99.7 Å². The van der Waals surface area contributed by atoms with Gasteiger partial charge in [0.05, 0.1) is 12.5 Å². The normalized spacial score (nSPS) is 28.7. The van der Waals surface area contributed by atoms with Crippen LogP contribution in [-0.2, 0) is 10.0 Å². The Morgan fingerprint density at radius 3 is 2.75 bits per heavy atom. The maximum absolute atomic E-state index is 11.9. The minimum absolute atomic E-state index is 0.0157. The van der Waals surface area contributed by atoms with Gasteiger partial charge in [0.25, 0.3) is 10.0 Å². The van der Waals surface area contributed by atoms with Crippen LogP contribution in [0.2, 0.25) is 0 Å². The number of nitrogens with one attached hydrogen (secondary N) is 2. The molecule has 0 saturated heterocycles. The lowest BCUT2D eigenvalue weighted by molar-refractivity contribution is 0.137. The summed E-state index contributed by atoms with van der Waals surface area (Å²) < 4.78 is 26.4. The zero-order valence-corrected chi connectivity index (χ0v) is 10.6. The molecule has 1 fully saturated rings. The van der Waals surface area contributed by atoms with E-state index in [1.54, 1.807) is 0 Å². The summed E-state index contributed by atoms with van der Waals surface area (Å²) in [6.07, 6.45) is 3.28. The Kier molecular flexibility index (Phi) is 2.76. The van der Waals surface area contributed by atoms with Crippen molar-refractivity contribution in [2.75, 3.05) is 0 Å². The summed E-state index contributed by atoms with van der Waals surface area (Å²) in [5.41, 5.74) is -0.214. The van der Waals surface area contributed by atoms with E-state index in [4.69, 9.17) is 11.6 Å². The van der Waals surface area contributed by atoms with Gasteiger partial charge in [-0.2, -0.15) is 0 Å². The van der Waals surface area contributed by atoms with Crippen LogP contribution in [0.3, 0.4) is 0 Å². The van der Waals surface area contributed by atoms with E-state index < -0.39 is 10.0 Å².